The molecule has 0 aliphatic heterocycles. The molecule has 3 rings (SSSR count). The van der Waals surface area contributed by atoms with Gasteiger partial charge in [0.15, 0.2) is 5.13 Å². The average Bonchev–Trinajstić information content (AvgIpc) is 3.01. The first-order valence-electron chi connectivity index (χ1n) is 6.40. The van der Waals surface area contributed by atoms with Crippen LogP contribution in [-0.4, -0.2) is 11.0 Å². The van der Waals surface area contributed by atoms with Crippen LogP contribution in [0, 0.1) is 0 Å². The van der Waals surface area contributed by atoms with Gasteiger partial charge in [-0.2, -0.15) is 0 Å². The number of aromatic nitrogens is 1. The molecule has 2 aromatic rings. The van der Waals surface area contributed by atoms with Gasteiger partial charge >= 0.3 is 0 Å². The first-order chi connectivity index (χ1) is 9.22. The van der Waals surface area contributed by atoms with E-state index in [1.165, 1.54) is 25.7 Å². The molecule has 0 bridgehead atoms. The van der Waals surface area contributed by atoms with E-state index in [0.29, 0.717) is 16.1 Å². The van der Waals surface area contributed by atoms with Crippen LogP contribution in [0.3, 0.4) is 0 Å². The number of rotatable bonds is 3. The van der Waals surface area contributed by atoms with Crippen LogP contribution in [0.25, 0.3) is 11.3 Å². The summed E-state index contributed by atoms with van der Waals surface area (Å²) in [5, 5.41) is 7.80. The van der Waals surface area contributed by atoms with Crippen molar-refractivity contribution in [3.05, 3.63) is 33.6 Å². The Kier molecular flexibility index (Phi) is 3.96. The Bertz CT molecular complexity index is 577. The lowest BCUT2D eigenvalue weighted by Gasteiger charge is -2.09. The fraction of sp³-hybridized carbons (Fsp3) is 0.357. The predicted octanol–water partition coefficient (Wildman–Crippen LogP) is 5.47. The third-order valence-corrected chi connectivity index (χ3v) is 4.72. The topological polar surface area (TPSA) is 24.9 Å². The summed E-state index contributed by atoms with van der Waals surface area (Å²) in [5.74, 6) is 0. The standard InChI is InChI=1S/C14H14Cl2N2S/c15-9-5-6-11(12(16)7-9)13-8-19-14(18-13)17-10-3-1-2-4-10/h5-8,10H,1-4H2,(H,17,18). The maximum Gasteiger partial charge on any atom is 0.183 e. The largest absolute Gasteiger partial charge is 0.359 e. The van der Waals surface area contributed by atoms with Crippen molar-refractivity contribution in [3.63, 3.8) is 0 Å². The highest BCUT2D eigenvalue weighted by Gasteiger charge is 2.16. The van der Waals surface area contributed by atoms with Gasteiger partial charge in [0.2, 0.25) is 0 Å². The number of hydrogen-bond acceptors (Lipinski definition) is 3. The first kappa shape index (κ1) is 13.2. The van der Waals surface area contributed by atoms with E-state index in [4.69, 9.17) is 23.2 Å². The lowest BCUT2D eigenvalue weighted by molar-refractivity contribution is 0.754. The molecule has 1 aliphatic rings. The van der Waals surface area contributed by atoms with Crippen molar-refractivity contribution in [2.75, 3.05) is 5.32 Å². The van der Waals surface area contributed by atoms with Crippen molar-refractivity contribution in [2.24, 2.45) is 0 Å². The van der Waals surface area contributed by atoms with Crippen LogP contribution in [0.15, 0.2) is 23.6 Å². The molecule has 0 unspecified atom stereocenters. The van der Waals surface area contributed by atoms with E-state index in [2.05, 4.69) is 10.3 Å². The normalized spacial score (nSPS) is 15.9. The molecule has 5 heteroatoms. The molecule has 0 atom stereocenters. The minimum atomic E-state index is 0.583. The molecule has 0 amide bonds. The summed E-state index contributed by atoms with van der Waals surface area (Å²) in [5.41, 5.74) is 1.84. The quantitative estimate of drug-likeness (QED) is 0.812. The van der Waals surface area contributed by atoms with Gasteiger partial charge in [0.05, 0.1) is 10.7 Å². The Balaban J connectivity index is 1.80. The highest BCUT2D eigenvalue weighted by atomic mass is 35.5. The van der Waals surface area contributed by atoms with Gasteiger partial charge < -0.3 is 5.32 Å². The van der Waals surface area contributed by atoms with Crippen LogP contribution in [-0.2, 0) is 0 Å². The number of nitrogens with one attached hydrogen (secondary N) is 1. The Morgan fingerprint density at radius 3 is 2.74 bits per heavy atom. The molecule has 19 heavy (non-hydrogen) atoms. The van der Waals surface area contributed by atoms with Crippen molar-refractivity contribution in [1.29, 1.82) is 0 Å². The summed E-state index contributed by atoms with van der Waals surface area (Å²) in [6.45, 7) is 0. The van der Waals surface area contributed by atoms with Crippen LogP contribution >= 0.6 is 34.5 Å². The highest BCUT2D eigenvalue weighted by molar-refractivity contribution is 7.14. The second-order valence-electron chi connectivity index (χ2n) is 4.79. The van der Waals surface area contributed by atoms with Gasteiger partial charge in [-0.1, -0.05) is 36.0 Å². The fourth-order valence-corrected chi connectivity index (χ4v) is 3.70. The molecule has 1 fully saturated rings. The number of halogens is 2. The maximum atomic E-state index is 6.20. The van der Waals surface area contributed by atoms with Crippen molar-refractivity contribution < 1.29 is 0 Å². The van der Waals surface area contributed by atoms with Crippen molar-refractivity contribution in [1.82, 2.24) is 4.98 Å². The summed E-state index contributed by atoms with van der Waals surface area (Å²) in [6, 6.07) is 6.09. The number of hydrogen-bond donors (Lipinski definition) is 1. The number of benzene rings is 1. The van der Waals surface area contributed by atoms with Crippen molar-refractivity contribution in [2.45, 2.75) is 31.7 Å². The van der Waals surface area contributed by atoms with Crippen LogP contribution in [0.2, 0.25) is 10.0 Å². The summed E-state index contributed by atoms with van der Waals surface area (Å²) in [7, 11) is 0. The summed E-state index contributed by atoms with van der Waals surface area (Å²) >= 11 is 13.7. The van der Waals surface area contributed by atoms with Crippen LogP contribution in [0.1, 0.15) is 25.7 Å². The number of thiazole rings is 1. The molecule has 2 nitrogen and oxygen atoms in total. The van der Waals surface area contributed by atoms with Gasteiger partial charge in [0.1, 0.15) is 0 Å². The van der Waals surface area contributed by atoms with Crippen molar-refractivity contribution in [3.8, 4) is 11.3 Å². The molecule has 0 radical (unpaired) electrons. The second kappa shape index (κ2) is 5.70. The highest BCUT2D eigenvalue weighted by Crippen LogP contribution is 2.33. The first-order valence-corrected chi connectivity index (χ1v) is 8.03. The molecule has 1 N–H and O–H groups in total. The zero-order chi connectivity index (χ0) is 13.2. The minimum Gasteiger partial charge on any atom is -0.359 e. The Hall–Kier alpha value is -0.770. The smallest absolute Gasteiger partial charge is 0.183 e. The Morgan fingerprint density at radius 2 is 2.00 bits per heavy atom. The molecule has 1 aromatic heterocycles. The number of nitrogens with zero attached hydrogens (tertiary/aromatic N) is 1. The molecule has 0 saturated heterocycles. The predicted molar refractivity (Wildman–Crippen MR) is 83.4 cm³/mol. The van der Waals surface area contributed by atoms with E-state index >= 15 is 0 Å². The fourth-order valence-electron chi connectivity index (χ4n) is 2.41. The minimum absolute atomic E-state index is 0.583. The monoisotopic (exact) mass is 312 g/mol. The third kappa shape index (κ3) is 3.04. The SMILES string of the molecule is Clc1ccc(-c2csc(NC3CCCC3)n2)c(Cl)c1. The molecular formula is C14H14Cl2N2S. The van der Waals surface area contributed by atoms with Gasteiger partial charge in [0.25, 0.3) is 0 Å². The van der Waals surface area contributed by atoms with Gasteiger partial charge in [-0.3, -0.25) is 0 Å². The Morgan fingerprint density at radius 1 is 1.21 bits per heavy atom. The molecule has 1 aromatic carbocycles. The zero-order valence-electron chi connectivity index (χ0n) is 10.3. The Labute approximate surface area is 126 Å². The van der Waals surface area contributed by atoms with E-state index in [9.17, 15) is 0 Å². The number of anilines is 1. The molecule has 1 saturated carbocycles. The molecule has 0 spiro atoms. The van der Waals surface area contributed by atoms with E-state index in [1.807, 2.05) is 17.5 Å². The lowest BCUT2D eigenvalue weighted by atomic mass is 10.2. The van der Waals surface area contributed by atoms with E-state index in [0.717, 1.165) is 16.4 Å². The zero-order valence-corrected chi connectivity index (χ0v) is 12.7. The van der Waals surface area contributed by atoms with E-state index in [1.54, 1.807) is 17.4 Å². The second-order valence-corrected chi connectivity index (χ2v) is 6.49. The van der Waals surface area contributed by atoms with Crippen molar-refractivity contribution >= 4 is 39.7 Å². The molecule has 100 valence electrons. The molecule has 1 aliphatic carbocycles. The maximum absolute atomic E-state index is 6.20. The van der Waals surface area contributed by atoms with E-state index in [-0.39, 0.29) is 0 Å². The van der Waals surface area contributed by atoms with Gasteiger partial charge in [-0.25, -0.2) is 4.98 Å². The summed E-state index contributed by atoms with van der Waals surface area (Å²) < 4.78 is 0. The summed E-state index contributed by atoms with van der Waals surface area (Å²) in [6.07, 6.45) is 5.13. The lowest BCUT2D eigenvalue weighted by Crippen LogP contribution is -2.13. The van der Waals surface area contributed by atoms with Gasteiger partial charge in [-0.05, 0) is 31.0 Å². The third-order valence-electron chi connectivity index (χ3n) is 3.39. The molecule has 1 heterocycles. The summed E-state index contributed by atoms with van der Waals surface area (Å²) in [4.78, 5) is 4.61. The van der Waals surface area contributed by atoms with Gasteiger partial charge in [0, 0.05) is 22.0 Å². The average molecular weight is 313 g/mol. The molecular weight excluding hydrogens is 299 g/mol. The van der Waals surface area contributed by atoms with Crippen LogP contribution in [0.5, 0.6) is 0 Å². The van der Waals surface area contributed by atoms with E-state index < -0.39 is 0 Å². The van der Waals surface area contributed by atoms with Gasteiger partial charge in [-0.15, -0.1) is 11.3 Å². The van der Waals surface area contributed by atoms with Crippen LogP contribution in [0.4, 0.5) is 5.13 Å². The van der Waals surface area contributed by atoms with Crippen LogP contribution < -0.4 is 5.32 Å².